The van der Waals surface area contributed by atoms with Crippen molar-refractivity contribution in [3.8, 4) is 0 Å². The van der Waals surface area contributed by atoms with Crippen LogP contribution >= 0.6 is 0 Å². The number of aromatic nitrogens is 2. The second-order valence-corrected chi connectivity index (χ2v) is 4.44. The first-order valence-corrected chi connectivity index (χ1v) is 6.41. The molecule has 2 N–H and O–H groups in total. The summed E-state index contributed by atoms with van der Waals surface area (Å²) >= 11 is 0. The molecule has 20 heavy (non-hydrogen) atoms. The lowest BCUT2D eigenvalue weighted by Crippen LogP contribution is -2.12. The van der Waals surface area contributed by atoms with Gasteiger partial charge in [-0.25, -0.2) is 13.8 Å². The molecule has 0 spiro atoms. The van der Waals surface area contributed by atoms with E-state index in [1.165, 1.54) is 6.07 Å². The Bertz CT molecular complexity index is 655. The standard InChI is InChI=1S/C14H15F2N3O/c1-2-3-4-10-8-13(20)19-14(17-10)18-12-7-9(15)5-6-11(12)16/h5-8H,2-4H2,1H3,(H2,17,18,19,20). The molecule has 0 saturated carbocycles. The number of hydrogen-bond acceptors (Lipinski definition) is 3. The van der Waals surface area contributed by atoms with Crippen LogP contribution in [-0.4, -0.2) is 9.97 Å². The number of benzene rings is 1. The lowest BCUT2D eigenvalue weighted by atomic mass is 10.2. The Morgan fingerprint density at radius 3 is 2.85 bits per heavy atom. The fraction of sp³-hybridized carbons (Fsp3) is 0.286. The molecule has 0 unspecified atom stereocenters. The Labute approximate surface area is 114 Å². The van der Waals surface area contributed by atoms with Crippen LogP contribution in [0, 0.1) is 11.6 Å². The Morgan fingerprint density at radius 2 is 2.10 bits per heavy atom. The van der Waals surface area contributed by atoms with E-state index in [0.717, 1.165) is 31.0 Å². The summed E-state index contributed by atoms with van der Waals surface area (Å²) in [6.45, 7) is 2.04. The van der Waals surface area contributed by atoms with E-state index in [9.17, 15) is 13.6 Å². The molecule has 0 aliphatic heterocycles. The van der Waals surface area contributed by atoms with Crippen LogP contribution in [0.15, 0.2) is 29.1 Å². The van der Waals surface area contributed by atoms with Crippen molar-refractivity contribution >= 4 is 11.6 Å². The van der Waals surface area contributed by atoms with E-state index in [1.54, 1.807) is 0 Å². The van der Waals surface area contributed by atoms with Gasteiger partial charge >= 0.3 is 0 Å². The third-order valence-electron chi connectivity index (χ3n) is 2.76. The van der Waals surface area contributed by atoms with Crippen LogP contribution in [0.2, 0.25) is 0 Å². The van der Waals surface area contributed by atoms with Crippen LogP contribution in [-0.2, 0) is 6.42 Å². The number of anilines is 2. The average Bonchev–Trinajstić information content (AvgIpc) is 2.40. The summed E-state index contributed by atoms with van der Waals surface area (Å²) in [4.78, 5) is 18.1. The molecule has 106 valence electrons. The molecule has 0 saturated heterocycles. The van der Waals surface area contributed by atoms with Gasteiger partial charge in [0.15, 0.2) is 0 Å². The third-order valence-corrected chi connectivity index (χ3v) is 2.76. The minimum absolute atomic E-state index is 0.0687. The van der Waals surface area contributed by atoms with E-state index < -0.39 is 11.6 Å². The number of nitrogens with zero attached hydrogens (tertiary/aromatic N) is 1. The molecule has 2 aromatic rings. The lowest BCUT2D eigenvalue weighted by Gasteiger charge is -2.08. The van der Waals surface area contributed by atoms with E-state index in [1.807, 2.05) is 6.92 Å². The molecule has 0 aliphatic rings. The summed E-state index contributed by atoms with van der Waals surface area (Å²) in [5, 5.41) is 2.59. The minimum atomic E-state index is -0.618. The van der Waals surface area contributed by atoms with Crippen LogP contribution in [0.5, 0.6) is 0 Å². The molecule has 0 bridgehead atoms. The Morgan fingerprint density at radius 1 is 1.30 bits per heavy atom. The van der Waals surface area contributed by atoms with Gasteiger partial charge in [0, 0.05) is 17.8 Å². The van der Waals surface area contributed by atoms with Crippen LogP contribution in [0.3, 0.4) is 0 Å². The minimum Gasteiger partial charge on any atom is -0.323 e. The summed E-state index contributed by atoms with van der Waals surface area (Å²) < 4.78 is 26.6. The first-order valence-electron chi connectivity index (χ1n) is 6.41. The van der Waals surface area contributed by atoms with E-state index >= 15 is 0 Å². The van der Waals surface area contributed by atoms with Crippen molar-refractivity contribution in [3.63, 3.8) is 0 Å². The molecule has 0 amide bonds. The highest BCUT2D eigenvalue weighted by Crippen LogP contribution is 2.18. The number of rotatable bonds is 5. The van der Waals surface area contributed by atoms with Crippen LogP contribution in [0.1, 0.15) is 25.5 Å². The number of H-pyrrole nitrogens is 1. The highest BCUT2D eigenvalue weighted by molar-refractivity contribution is 5.54. The topological polar surface area (TPSA) is 57.8 Å². The largest absolute Gasteiger partial charge is 0.323 e. The summed E-state index contributed by atoms with van der Waals surface area (Å²) in [5.41, 5.74) is 0.223. The van der Waals surface area contributed by atoms with Gasteiger partial charge in [0.25, 0.3) is 5.56 Å². The van der Waals surface area contributed by atoms with Crippen molar-refractivity contribution in [2.24, 2.45) is 0 Å². The SMILES string of the molecule is CCCCc1cc(=O)[nH]c(Nc2cc(F)ccc2F)n1. The molecule has 1 aromatic heterocycles. The monoisotopic (exact) mass is 279 g/mol. The van der Waals surface area contributed by atoms with E-state index in [2.05, 4.69) is 15.3 Å². The molecule has 1 heterocycles. The predicted molar refractivity (Wildman–Crippen MR) is 73.1 cm³/mol. The quantitative estimate of drug-likeness (QED) is 0.884. The summed E-state index contributed by atoms with van der Waals surface area (Å²) in [6, 6.07) is 4.45. The summed E-state index contributed by atoms with van der Waals surface area (Å²) in [5.74, 6) is -1.08. The van der Waals surface area contributed by atoms with Crippen LogP contribution in [0.4, 0.5) is 20.4 Å². The van der Waals surface area contributed by atoms with Gasteiger partial charge in [0.05, 0.1) is 5.69 Å². The normalized spacial score (nSPS) is 10.6. The number of unbranched alkanes of at least 4 members (excludes halogenated alkanes) is 1. The molecule has 4 nitrogen and oxygen atoms in total. The van der Waals surface area contributed by atoms with Crippen molar-refractivity contribution < 1.29 is 8.78 Å². The maximum Gasteiger partial charge on any atom is 0.252 e. The zero-order chi connectivity index (χ0) is 14.5. The van der Waals surface area contributed by atoms with Crippen molar-refractivity contribution in [2.45, 2.75) is 26.2 Å². The Balaban J connectivity index is 2.26. The van der Waals surface area contributed by atoms with Gasteiger partial charge < -0.3 is 5.32 Å². The van der Waals surface area contributed by atoms with Gasteiger partial charge in [-0.1, -0.05) is 13.3 Å². The number of aryl methyl sites for hydroxylation is 1. The van der Waals surface area contributed by atoms with Gasteiger partial charge in [0.1, 0.15) is 11.6 Å². The number of nitrogens with one attached hydrogen (secondary N) is 2. The van der Waals surface area contributed by atoms with E-state index in [0.29, 0.717) is 12.1 Å². The summed E-state index contributed by atoms with van der Waals surface area (Å²) in [6.07, 6.45) is 2.56. The second-order valence-electron chi connectivity index (χ2n) is 4.44. The van der Waals surface area contributed by atoms with E-state index in [4.69, 9.17) is 0 Å². The van der Waals surface area contributed by atoms with Gasteiger partial charge in [-0.15, -0.1) is 0 Å². The number of hydrogen-bond donors (Lipinski definition) is 2. The molecule has 1 aromatic carbocycles. The first kappa shape index (κ1) is 14.2. The first-order chi connectivity index (χ1) is 9.58. The molecule has 0 aliphatic carbocycles. The molecule has 0 fully saturated rings. The Hall–Kier alpha value is -2.24. The van der Waals surface area contributed by atoms with Gasteiger partial charge in [-0.05, 0) is 25.0 Å². The Kier molecular flexibility index (Phi) is 4.45. The zero-order valence-electron chi connectivity index (χ0n) is 11.0. The van der Waals surface area contributed by atoms with Gasteiger partial charge in [-0.3, -0.25) is 9.78 Å². The van der Waals surface area contributed by atoms with Crippen molar-refractivity contribution in [1.82, 2.24) is 9.97 Å². The molecule has 2 rings (SSSR count). The van der Waals surface area contributed by atoms with Gasteiger partial charge in [0.2, 0.25) is 5.95 Å². The second kappa shape index (κ2) is 6.27. The van der Waals surface area contributed by atoms with Crippen molar-refractivity contribution in [1.29, 1.82) is 0 Å². The van der Waals surface area contributed by atoms with E-state index in [-0.39, 0.29) is 17.2 Å². The molecule has 0 radical (unpaired) electrons. The maximum atomic E-state index is 13.5. The molecular weight excluding hydrogens is 264 g/mol. The zero-order valence-corrected chi connectivity index (χ0v) is 11.0. The lowest BCUT2D eigenvalue weighted by molar-refractivity contribution is 0.603. The van der Waals surface area contributed by atoms with Crippen molar-refractivity contribution in [3.05, 3.63) is 51.9 Å². The van der Waals surface area contributed by atoms with Crippen LogP contribution < -0.4 is 10.9 Å². The molecule has 6 heteroatoms. The highest BCUT2D eigenvalue weighted by atomic mass is 19.1. The maximum absolute atomic E-state index is 13.5. The van der Waals surface area contributed by atoms with Gasteiger partial charge in [-0.2, -0.15) is 0 Å². The summed E-state index contributed by atoms with van der Waals surface area (Å²) in [7, 11) is 0. The smallest absolute Gasteiger partial charge is 0.252 e. The fourth-order valence-electron chi connectivity index (χ4n) is 1.77. The van der Waals surface area contributed by atoms with Crippen LogP contribution in [0.25, 0.3) is 0 Å². The number of aromatic amines is 1. The third kappa shape index (κ3) is 3.63. The number of halogens is 2. The predicted octanol–water partition coefficient (Wildman–Crippen LogP) is 3.13. The fourth-order valence-corrected chi connectivity index (χ4v) is 1.77. The highest BCUT2D eigenvalue weighted by Gasteiger charge is 2.07. The van der Waals surface area contributed by atoms with Crippen molar-refractivity contribution in [2.75, 3.05) is 5.32 Å². The molecule has 0 atom stereocenters. The average molecular weight is 279 g/mol. The molecular formula is C14H15F2N3O.